The highest BCUT2D eigenvalue weighted by Gasteiger charge is 2.19. The monoisotopic (exact) mass is 340 g/mol. The Morgan fingerprint density at radius 1 is 1.20 bits per heavy atom. The normalized spacial score (nSPS) is 18.7. The molecule has 0 aliphatic carbocycles. The fraction of sp³-hybridized carbons (Fsp3) is 0.450. The van der Waals surface area contributed by atoms with E-state index in [1.807, 2.05) is 0 Å². The number of rotatable bonds is 4. The molecule has 4 rings (SSSR count). The first-order valence-electron chi connectivity index (χ1n) is 9.06. The van der Waals surface area contributed by atoms with Gasteiger partial charge in [0.25, 0.3) is 0 Å². The molecule has 1 N–H and O–H groups in total. The van der Waals surface area contributed by atoms with Gasteiger partial charge in [-0.05, 0) is 43.5 Å². The zero-order valence-corrected chi connectivity index (χ0v) is 14.4. The second-order valence-electron chi connectivity index (χ2n) is 6.87. The van der Waals surface area contributed by atoms with Gasteiger partial charge in [0.2, 0.25) is 11.2 Å². The van der Waals surface area contributed by atoms with Crippen LogP contribution in [0.3, 0.4) is 0 Å². The summed E-state index contributed by atoms with van der Waals surface area (Å²) in [6, 6.07) is 10.1. The van der Waals surface area contributed by atoms with Crippen molar-refractivity contribution in [1.82, 2.24) is 10.2 Å². The predicted molar refractivity (Wildman–Crippen MR) is 95.8 cm³/mol. The van der Waals surface area contributed by atoms with Gasteiger partial charge < -0.3 is 14.5 Å². The van der Waals surface area contributed by atoms with Gasteiger partial charge in [-0.3, -0.25) is 9.69 Å². The van der Waals surface area contributed by atoms with Crippen LogP contribution >= 0.6 is 0 Å². The van der Waals surface area contributed by atoms with Gasteiger partial charge in [0.1, 0.15) is 18.1 Å². The van der Waals surface area contributed by atoms with E-state index in [9.17, 15) is 4.79 Å². The summed E-state index contributed by atoms with van der Waals surface area (Å²) in [4.78, 5) is 14.6. The molecule has 25 heavy (non-hydrogen) atoms. The van der Waals surface area contributed by atoms with Gasteiger partial charge in [-0.1, -0.05) is 24.3 Å². The van der Waals surface area contributed by atoms with Crippen molar-refractivity contribution in [3.8, 4) is 5.75 Å². The Bertz CT molecular complexity index is 781. The molecule has 3 heterocycles. The van der Waals surface area contributed by atoms with Gasteiger partial charge in [0.05, 0.1) is 6.54 Å². The van der Waals surface area contributed by atoms with Gasteiger partial charge in [-0.25, -0.2) is 0 Å². The van der Waals surface area contributed by atoms with Crippen molar-refractivity contribution < 1.29 is 9.15 Å². The van der Waals surface area contributed by atoms with Crippen LogP contribution in [0.15, 0.2) is 45.8 Å². The summed E-state index contributed by atoms with van der Waals surface area (Å²) in [6.07, 6.45) is 4.48. The Morgan fingerprint density at radius 3 is 2.80 bits per heavy atom. The lowest BCUT2D eigenvalue weighted by Crippen LogP contribution is -2.35. The molecule has 1 fully saturated rings. The van der Waals surface area contributed by atoms with Crippen molar-refractivity contribution in [1.29, 1.82) is 0 Å². The maximum atomic E-state index is 12.3. The molecule has 1 aromatic heterocycles. The Labute approximate surface area is 147 Å². The standard InChI is InChI=1S/C20H24N2O3/c23-19-11-18(24-14-20(19)25-17-5-8-21-9-6-17)13-22-10-7-15-3-1-2-4-16(15)12-22/h1-4,11,14,17,21H,5-10,12-13H2. The molecular formula is C20H24N2O3. The van der Waals surface area contributed by atoms with Crippen LogP contribution in [0.1, 0.15) is 29.7 Å². The van der Waals surface area contributed by atoms with Crippen LogP contribution < -0.4 is 15.5 Å². The molecule has 0 atom stereocenters. The van der Waals surface area contributed by atoms with Crippen molar-refractivity contribution in [3.05, 3.63) is 63.7 Å². The van der Waals surface area contributed by atoms with Crippen LogP contribution in [0.25, 0.3) is 0 Å². The van der Waals surface area contributed by atoms with Crippen LogP contribution in [0, 0.1) is 0 Å². The summed E-state index contributed by atoms with van der Waals surface area (Å²) in [6.45, 7) is 4.40. The van der Waals surface area contributed by atoms with E-state index in [0.29, 0.717) is 18.1 Å². The zero-order valence-electron chi connectivity index (χ0n) is 14.4. The topological polar surface area (TPSA) is 54.7 Å². The van der Waals surface area contributed by atoms with Crippen molar-refractivity contribution in [2.24, 2.45) is 0 Å². The molecular weight excluding hydrogens is 316 g/mol. The molecule has 0 amide bonds. The van der Waals surface area contributed by atoms with Crippen molar-refractivity contribution in [2.45, 2.75) is 38.5 Å². The second-order valence-corrected chi connectivity index (χ2v) is 6.87. The average molecular weight is 340 g/mol. The molecule has 0 spiro atoms. The largest absolute Gasteiger partial charge is 0.483 e. The maximum absolute atomic E-state index is 12.3. The van der Waals surface area contributed by atoms with E-state index in [2.05, 4.69) is 34.5 Å². The third-order valence-electron chi connectivity index (χ3n) is 5.02. The molecule has 132 valence electrons. The van der Waals surface area contributed by atoms with Gasteiger partial charge in [0, 0.05) is 19.2 Å². The van der Waals surface area contributed by atoms with E-state index in [0.717, 1.165) is 45.4 Å². The molecule has 5 nitrogen and oxygen atoms in total. The highest BCUT2D eigenvalue weighted by Crippen LogP contribution is 2.20. The third-order valence-corrected chi connectivity index (χ3v) is 5.02. The fourth-order valence-corrected chi connectivity index (χ4v) is 3.61. The van der Waals surface area contributed by atoms with Crippen LogP contribution in [0.2, 0.25) is 0 Å². The SMILES string of the molecule is O=c1cc(CN2CCc3ccccc3C2)occ1OC1CCNCC1. The molecule has 1 aromatic carbocycles. The smallest absolute Gasteiger partial charge is 0.227 e. The van der Waals surface area contributed by atoms with Gasteiger partial charge in [-0.2, -0.15) is 0 Å². The minimum absolute atomic E-state index is 0.0859. The number of benzene rings is 1. The first kappa shape index (κ1) is 16.4. The van der Waals surface area contributed by atoms with E-state index in [-0.39, 0.29) is 11.5 Å². The molecule has 2 aliphatic heterocycles. The number of nitrogens with one attached hydrogen (secondary N) is 1. The average Bonchev–Trinajstić information content (AvgIpc) is 2.65. The molecule has 0 bridgehead atoms. The van der Waals surface area contributed by atoms with Crippen LogP contribution in [-0.2, 0) is 19.5 Å². The number of ether oxygens (including phenoxy) is 1. The van der Waals surface area contributed by atoms with E-state index in [4.69, 9.17) is 9.15 Å². The Morgan fingerprint density at radius 2 is 2.00 bits per heavy atom. The summed E-state index contributed by atoms with van der Waals surface area (Å²) < 4.78 is 11.5. The number of hydrogen-bond donors (Lipinski definition) is 1. The van der Waals surface area contributed by atoms with Crippen LogP contribution in [0.5, 0.6) is 5.75 Å². The molecule has 0 radical (unpaired) electrons. The summed E-state index contributed by atoms with van der Waals surface area (Å²) in [7, 11) is 0. The lowest BCUT2D eigenvalue weighted by atomic mass is 10.00. The lowest BCUT2D eigenvalue weighted by Gasteiger charge is -2.28. The third kappa shape index (κ3) is 3.94. The first-order chi connectivity index (χ1) is 12.3. The molecule has 0 unspecified atom stereocenters. The molecule has 0 saturated carbocycles. The quantitative estimate of drug-likeness (QED) is 0.926. The van der Waals surface area contributed by atoms with Gasteiger partial charge in [0.15, 0.2) is 0 Å². The lowest BCUT2D eigenvalue weighted by molar-refractivity contribution is 0.155. The van der Waals surface area contributed by atoms with Gasteiger partial charge in [-0.15, -0.1) is 0 Å². The summed E-state index contributed by atoms with van der Waals surface area (Å²) >= 11 is 0. The molecule has 1 saturated heterocycles. The minimum Gasteiger partial charge on any atom is -0.483 e. The molecule has 2 aliphatic rings. The maximum Gasteiger partial charge on any atom is 0.227 e. The first-order valence-corrected chi connectivity index (χ1v) is 9.06. The van der Waals surface area contributed by atoms with Crippen LogP contribution in [-0.4, -0.2) is 30.6 Å². The summed E-state index contributed by atoms with van der Waals surface area (Å²) in [5.74, 6) is 1.03. The van der Waals surface area contributed by atoms with E-state index in [1.165, 1.54) is 17.4 Å². The van der Waals surface area contributed by atoms with E-state index < -0.39 is 0 Å². The van der Waals surface area contributed by atoms with E-state index in [1.54, 1.807) is 6.07 Å². The summed E-state index contributed by atoms with van der Waals surface area (Å²) in [5.41, 5.74) is 2.70. The van der Waals surface area contributed by atoms with E-state index >= 15 is 0 Å². The number of piperidine rings is 1. The Hall–Kier alpha value is -2.11. The second kappa shape index (κ2) is 7.42. The van der Waals surface area contributed by atoms with Crippen LogP contribution in [0.4, 0.5) is 0 Å². The number of nitrogens with zero attached hydrogens (tertiary/aromatic N) is 1. The van der Waals surface area contributed by atoms with Crippen molar-refractivity contribution in [2.75, 3.05) is 19.6 Å². The van der Waals surface area contributed by atoms with Crippen molar-refractivity contribution >= 4 is 0 Å². The molecule has 5 heteroatoms. The fourth-order valence-electron chi connectivity index (χ4n) is 3.61. The number of hydrogen-bond acceptors (Lipinski definition) is 5. The highest BCUT2D eigenvalue weighted by molar-refractivity contribution is 5.29. The predicted octanol–water partition coefficient (Wildman–Crippen LogP) is 2.33. The number of fused-ring (bicyclic) bond motifs is 1. The molecule has 2 aromatic rings. The summed E-state index contributed by atoms with van der Waals surface area (Å²) in [5, 5.41) is 3.29. The minimum atomic E-state index is -0.0859. The Kier molecular flexibility index (Phi) is 4.85. The van der Waals surface area contributed by atoms with Gasteiger partial charge >= 0.3 is 0 Å². The zero-order chi connectivity index (χ0) is 17.1. The van der Waals surface area contributed by atoms with Crippen molar-refractivity contribution in [3.63, 3.8) is 0 Å². The Balaban J connectivity index is 1.40. The highest BCUT2D eigenvalue weighted by atomic mass is 16.5.